The van der Waals surface area contributed by atoms with E-state index in [1.54, 1.807) is 20.8 Å². The van der Waals surface area contributed by atoms with Crippen molar-refractivity contribution in [3.8, 4) is 0 Å². The van der Waals surface area contributed by atoms with Crippen LogP contribution in [0.4, 0.5) is 4.79 Å². The van der Waals surface area contributed by atoms with Crippen molar-refractivity contribution in [3.63, 3.8) is 0 Å². The second-order valence-electron chi connectivity index (χ2n) is 5.31. The van der Waals surface area contributed by atoms with E-state index in [9.17, 15) is 14.7 Å². The largest absolute Gasteiger partial charge is 0.481 e. The molecule has 2 N–H and O–H groups in total. The number of aliphatic carboxylic acids is 1. The lowest BCUT2D eigenvalue weighted by molar-refractivity contribution is -0.145. The number of hydrogen-bond donors (Lipinski definition) is 2. The highest BCUT2D eigenvalue weighted by Crippen LogP contribution is 2.19. The lowest BCUT2D eigenvalue weighted by Gasteiger charge is -2.34. The number of nitrogens with zero attached hydrogens (tertiary/aromatic N) is 1. The summed E-state index contributed by atoms with van der Waals surface area (Å²) in [5.41, 5.74) is -0.627. The van der Waals surface area contributed by atoms with Crippen molar-refractivity contribution in [3.05, 3.63) is 0 Å². The number of aliphatic hydroxyl groups is 1. The van der Waals surface area contributed by atoms with Gasteiger partial charge >= 0.3 is 12.1 Å². The number of amides is 1. The van der Waals surface area contributed by atoms with Gasteiger partial charge in [-0.2, -0.15) is 0 Å². The molecule has 1 rings (SSSR count). The van der Waals surface area contributed by atoms with Gasteiger partial charge in [-0.3, -0.25) is 4.79 Å². The van der Waals surface area contributed by atoms with Crippen LogP contribution in [-0.4, -0.2) is 52.0 Å². The molecule has 0 saturated carbocycles. The van der Waals surface area contributed by atoms with E-state index in [0.717, 1.165) is 0 Å². The molecule has 98 valence electrons. The minimum absolute atomic E-state index is 0.0846. The summed E-state index contributed by atoms with van der Waals surface area (Å²) in [7, 11) is 0. The highest BCUT2D eigenvalue weighted by molar-refractivity contribution is 5.73. The minimum Gasteiger partial charge on any atom is -0.481 e. The zero-order chi connectivity index (χ0) is 13.2. The van der Waals surface area contributed by atoms with Crippen LogP contribution in [0.2, 0.25) is 0 Å². The predicted octanol–water partition coefficient (Wildman–Crippen LogP) is 0.689. The van der Waals surface area contributed by atoms with Crippen molar-refractivity contribution < 1.29 is 24.5 Å². The van der Waals surface area contributed by atoms with Crippen molar-refractivity contribution in [2.24, 2.45) is 5.92 Å². The van der Waals surface area contributed by atoms with Gasteiger partial charge in [-0.15, -0.1) is 0 Å². The van der Waals surface area contributed by atoms with E-state index in [4.69, 9.17) is 9.84 Å². The molecule has 0 aromatic rings. The highest BCUT2D eigenvalue weighted by Gasteiger charge is 2.34. The van der Waals surface area contributed by atoms with Crippen molar-refractivity contribution in [1.29, 1.82) is 0 Å². The molecule has 17 heavy (non-hydrogen) atoms. The van der Waals surface area contributed by atoms with E-state index in [1.165, 1.54) is 4.90 Å². The molecule has 6 nitrogen and oxygen atoms in total. The standard InChI is InChI=1S/C11H19NO5/c1-11(2,3)17-10(16)12-5-7(9(14)15)4-8(13)6-12/h7-8,13H,4-6H2,1-3H3,(H,14,15)/t7-,8-/m1/s1. The van der Waals surface area contributed by atoms with Gasteiger partial charge in [0.2, 0.25) is 0 Å². The second-order valence-corrected chi connectivity index (χ2v) is 5.31. The quantitative estimate of drug-likeness (QED) is 0.709. The molecule has 0 aliphatic carbocycles. The van der Waals surface area contributed by atoms with Crippen LogP contribution in [0, 0.1) is 5.92 Å². The van der Waals surface area contributed by atoms with Crippen molar-refractivity contribution in [1.82, 2.24) is 4.90 Å². The molecule has 1 heterocycles. The Morgan fingerprint density at radius 3 is 2.35 bits per heavy atom. The molecule has 0 unspecified atom stereocenters. The average molecular weight is 245 g/mol. The Morgan fingerprint density at radius 1 is 1.29 bits per heavy atom. The highest BCUT2D eigenvalue weighted by atomic mass is 16.6. The summed E-state index contributed by atoms with van der Waals surface area (Å²) >= 11 is 0. The number of aliphatic hydroxyl groups excluding tert-OH is 1. The Morgan fingerprint density at radius 2 is 1.88 bits per heavy atom. The third-order valence-corrected chi connectivity index (χ3v) is 2.43. The molecular weight excluding hydrogens is 226 g/mol. The molecule has 1 saturated heterocycles. The number of rotatable bonds is 1. The SMILES string of the molecule is CC(C)(C)OC(=O)N1C[C@H](O)C[C@@H](C(=O)O)C1. The van der Waals surface area contributed by atoms with Gasteiger partial charge in [0.1, 0.15) is 5.60 Å². The van der Waals surface area contributed by atoms with Crippen LogP contribution in [0.5, 0.6) is 0 Å². The molecule has 1 aliphatic heterocycles. The van der Waals surface area contributed by atoms with Crippen molar-refractivity contribution in [2.75, 3.05) is 13.1 Å². The predicted molar refractivity (Wildman–Crippen MR) is 59.6 cm³/mol. The molecule has 0 aromatic carbocycles. The van der Waals surface area contributed by atoms with Gasteiger partial charge in [0.15, 0.2) is 0 Å². The molecular formula is C11H19NO5. The maximum absolute atomic E-state index is 11.7. The van der Waals surface area contributed by atoms with E-state index in [1.807, 2.05) is 0 Å². The molecule has 0 aromatic heterocycles. The number of carboxylic acids is 1. The van der Waals surface area contributed by atoms with Crippen LogP contribution < -0.4 is 0 Å². The fourth-order valence-electron chi connectivity index (χ4n) is 1.73. The van der Waals surface area contributed by atoms with Crippen LogP contribution in [0.3, 0.4) is 0 Å². The number of hydrogen-bond acceptors (Lipinski definition) is 4. The summed E-state index contributed by atoms with van der Waals surface area (Å²) in [4.78, 5) is 23.8. The van der Waals surface area contributed by atoms with Crippen LogP contribution in [0.15, 0.2) is 0 Å². The number of carbonyl (C=O) groups is 2. The average Bonchev–Trinajstić information content (AvgIpc) is 2.13. The minimum atomic E-state index is -1.00. The summed E-state index contributed by atoms with van der Waals surface area (Å²) in [6.07, 6.45) is -1.21. The van der Waals surface area contributed by atoms with E-state index in [0.29, 0.717) is 0 Å². The first kappa shape index (κ1) is 13.8. The Labute approximate surface area is 100 Å². The van der Waals surface area contributed by atoms with Gasteiger partial charge in [0, 0.05) is 13.1 Å². The number of carboxylic acid groups (broad SMARTS) is 1. The maximum atomic E-state index is 11.7. The van der Waals surface area contributed by atoms with Crippen LogP contribution in [0.1, 0.15) is 27.2 Å². The smallest absolute Gasteiger partial charge is 0.410 e. The van der Waals surface area contributed by atoms with E-state index in [-0.39, 0.29) is 19.5 Å². The zero-order valence-corrected chi connectivity index (χ0v) is 10.3. The summed E-state index contributed by atoms with van der Waals surface area (Å²) in [5, 5.41) is 18.4. The van der Waals surface area contributed by atoms with Gasteiger partial charge < -0.3 is 19.8 Å². The lowest BCUT2D eigenvalue weighted by atomic mass is 9.96. The number of carbonyl (C=O) groups excluding carboxylic acids is 1. The van der Waals surface area contributed by atoms with Gasteiger partial charge in [-0.25, -0.2) is 4.79 Å². The van der Waals surface area contributed by atoms with Gasteiger partial charge in [0.25, 0.3) is 0 Å². The third kappa shape index (κ3) is 4.22. The summed E-state index contributed by atoms with van der Waals surface area (Å²) in [6.45, 7) is 5.42. The number of likely N-dealkylation sites (tertiary alicyclic amines) is 1. The Balaban J connectivity index is 2.64. The molecule has 0 bridgehead atoms. The third-order valence-electron chi connectivity index (χ3n) is 2.43. The topological polar surface area (TPSA) is 87.1 Å². The number of β-amino-alcohol motifs (C(OH)–C–C–N with tert-alkyl or cyclic N) is 1. The summed E-state index contributed by atoms with van der Waals surface area (Å²) < 4.78 is 5.14. The van der Waals surface area contributed by atoms with Crippen molar-refractivity contribution >= 4 is 12.1 Å². The van der Waals surface area contributed by atoms with E-state index >= 15 is 0 Å². The van der Waals surface area contributed by atoms with Gasteiger partial charge in [-0.05, 0) is 27.2 Å². The fourth-order valence-corrected chi connectivity index (χ4v) is 1.73. The second kappa shape index (κ2) is 4.91. The first-order valence-corrected chi connectivity index (χ1v) is 5.58. The van der Waals surface area contributed by atoms with Crippen molar-refractivity contribution in [2.45, 2.75) is 38.9 Å². The Hall–Kier alpha value is -1.30. The number of piperidine rings is 1. The first-order chi connectivity index (χ1) is 7.69. The molecule has 1 fully saturated rings. The number of ether oxygens (including phenoxy) is 1. The first-order valence-electron chi connectivity index (χ1n) is 5.58. The van der Waals surface area contributed by atoms with E-state index in [2.05, 4.69) is 0 Å². The molecule has 6 heteroatoms. The van der Waals surface area contributed by atoms with Crippen LogP contribution >= 0.6 is 0 Å². The molecule has 2 atom stereocenters. The fraction of sp³-hybridized carbons (Fsp3) is 0.818. The molecule has 0 spiro atoms. The Bertz CT molecular complexity index is 309. The molecule has 0 radical (unpaired) electrons. The Kier molecular flexibility index (Phi) is 3.98. The molecule has 1 amide bonds. The van der Waals surface area contributed by atoms with Gasteiger partial charge in [-0.1, -0.05) is 0 Å². The van der Waals surface area contributed by atoms with E-state index < -0.39 is 29.7 Å². The van der Waals surface area contributed by atoms with Crippen LogP contribution in [-0.2, 0) is 9.53 Å². The summed E-state index contributed by atoms with van der Waals surface area (Å²) in [5.74, 6) is -1.73. The zero-order valence-electron chi connectivity index (χ0n) is 10.3. The monoisotopic (exact) mass is 245 g/mol. The van der Waals surface area contributed by atoms with Crippen LogP contribution in [0.25, 0.3) is 0 Å². The summed E-state index contributed by atoms with van der Waals surface area (Å²) in [6, 6.07) is 0. The maximum Gasteiger partial charge on any atom is 0.410 e. The van der Waals surface area contributed by atoms with Gasteiger partial charge in [0.05, 0.1) is 12.0 Å². The normalized spacial score (nSPS) is 25.5. The molecule has 1 aliphatic rings. The lowest BCUT2D eigenvalue weighted by Crippen LogP contribution is -2.49.